The highest BCUT2D eigenvalue weighted by Gasteiger charge is 2.28. The van der Waals surface area contributed by atoms with Crippen molar-refractivity contribution in [2.24, 2.45) is 0 Å². The molecule has 0 bridgehead atoms. The summed E-state index contributed by atoms with van der Waals surface area (Å²) in [4.78, 5) is 19.3. The zero-order chi connectivity index (χ0) is 19.5. The molecule has 1 amide bonds. The van der Waals surface area contributed by atoms with Gasteiger partial charge >= 0.3 is 0 Å². The summed E-state index contributed by atoms with van der Waals surface area (Å²) in [6.45, 7) is 6.42. The van der Waals surface area contributed by atoms with Gasteiger partial charge in [-0.05, 0) is 48.2 Å². The van der Waals surface area contributed by atoms with E-state index < -0.39 is 0 Å². The molecule has 2 heterocycles. The Morgan fingerprint density at radius 2 is 2.04 bits per heavy atom. The summed E-state index contributed by atoms with van der Waals surface area (Å²) in [5.41, 5.74) is 5.12. The van der Waals surface area contributed by atoms with Gasteiger partial charge < -0.3 is 10.2 Å². The van der Waals surface area contributed by atoms with Crippen molar-refractivity contribution in [3.8, 4) is 5.69 Å². The Bertz CT molecular complexity index is 950. The van der Waals surface area contributed by atoms with Gasteiger partial charge in [0.2, 0.25) is 0 Å². The molecule has 1 unspecified atom stereocenters. The molecule has 3 aromatic rings. The van der Waals surface area contributed by atoms with E-state index in [1.807, 2.05) is 30.0 Å². The first kappa shape index (κ1) is 18.4. The quantitative estimate of drug-likeness (QED) is 0.762. The summed E-state index contributed by atoms with van der Waals surface area (Å²) in [5.74, 6) is 0.0688. The molecule has 1 atom stereocenters. The van der Waals surface area contributed by atoms with E-state index in [-0.39, 0.29) is 11.9 Å². The summed E-state index contributed by atoms with van der Waals surface area (Å²) < 4.78 is 1.71. The molecule has 1 aliphatic heterocycles. The van der Waals surface area contributed by atoms with E-state index in [9.17, 15) is 4.79 Å². The fraction of sp³-hybridized carbons (Fsp3) is 0.318. The van der Waals surface area contributed by atoms with E-state index in [1.165, 1.54) is 17.5 Å². The van der Waals surface area contributed by atoms with Crippen molar-refractivity contribution in [1.29, 1.82) is 0 Å². The van der Waals surface area contributed by atoms with Crippen LogP contribution in [0, 0.1) is 6.92 Å². The van der Waals surface area contributed by atoms with Crippen LogP contribution in [-0.4, -0.2) is 45.2 Å². The minimum absolute atomic E-state index is 0.0439. The maximum absolute atomic E-state index is 13.3. The van der Waals surface area contributed by atoms with Crippen LogP contribution in [-0.2, 0) is 6.42 Å². The van der Waals surface area contributed by atoms with Crippen LogP contribution >= 0.6 is 0 Å². The summed E-state index contributed by atoms with van der Waals surface area (Å²) in [5, 5.41) is 7.60. The summed E-state index contributed by atoms with van der Waals surface area (Å²) in [6, 6.07) is 14.4. The highest BCUT2D eigenvalue weighted by Crippen LogP contribution is 2.26. The lowest BCUT2D eigenvalue weighted by Gasteiger charge is -2.37. The molecule has 1 aromatic heterocycles. The zero-order valence-corrected chi connectivity index (χ0v) is 16.3. The number of piperazine rings is 1. The molecule has 0 aliphatic carbocycles. The Hall–Kier alpha value is -2.99. The predicted octanol–water partition coefficient (Wildman–Crippen LogP) is 2.92. The molecule has 4 rings (SSSR count). The van der Waals surface area contributed by atoms with Gasteiger partial charge in [0.25, 0.3) is 5.91 Å². The second-order valence-electron chi connectivity index (χ2n) is 7.15. The number of rotatable bonds is 4. The number of hydrogen-bond donors (Lipinski definition) is 1. The number of benzene rings is 2. The van der Waals surface area contributed by atoms with E-state index in [4.69, 9.17) is 0 Å². The van der Waals surface area contributed by atoms with E-state index in [0.717, 1.165) is 30.8 Å². The lowest BCUT2D eigenvalue weighted by atomic mass is 9.99. The molecule has 28 heavy (non-hydrogen) atoms. The second kappa shape index (κ2) is 7.94. The Morgan fingerprint density at radius 1 is 1.21 bits per heavy atom. The minimum Gasteiger partial charge on any atom is -0.329 e. The van der Waals surface area contributed by atoms with Crippen LogP contribution in [0.1, 0.15) is 40.0 Å². The summed E-state index contributed by atoms with van der Waals surface area (Å²) in [7, 11) is 0. The Kier molecular flexibility index (Phi) is 5.21. The third-order valence-corrected chi connectivity index (χ3v) is 5.39. The van der Waals surface area contributed by atoms with Crippen molar-refractivity contribution in [2.45, 2.75) is 26.3 Å². The van der Waals surface area contributed by atoms with Crippen LogP contribution in [0.15, 0.2) is 55.1 Å². The first-order valence-electron chi connectivity index (χ1n) is 9.73. The molecule has 0 saturated carbocycles. The maximum atomic E-state index is 13.3. The highest BCUT2D eigenvalue weighted by molar-refractivity contribution is 5.95. The first-order valence-corrected chi connectivity index (χ1v) is 9.73. The standard InChI is InChI=1S/C22H25N5O/c1-3-17-4-6-18(7-5-17)21-13-23-10-11-26(21)22(28)19-8-9-20(16(2)12-19)27-15-24-14-25-27/h4-9,12,14-15,21,23H,3,10-11,13H2,1-2H3. The fourth-order valence-electron chi connectivity index (χ4n) is 3.76. The Morgan fingerprint density at radius 3 is 2.71 bits per heavy atom. The molecular formula is C22H25N5O. The van der Waals surface area contributed by atoms with Gasteiger partial charge in [-0.15, -0.1) is 0 Å². The number of nitrogens with one attached hydrogen (secondary N) is 1. The van der Waals surface area contributed by atoms with Crippen LogP contribution in [0.25, 0.3) is 5.69 Å². The number of hydrogen-bond acceptors (Lipinski definition) is 4. The van der Waals surface area contributed by atoms with Crippen molar-refractivity contribution in [3.63, 3.8) is 0 Å². The Balaban J connectivity index is 1.60. The van der Waals surface area contributed by atoms with E-state index in [0.29, 0.717) is 12.1 Å². The van der Waals surface area contributed by atoms with Gasteiger partial charge in [-0.2, -0.15) is 5.10 Å². The van der Waals surface area contributed by atoms with Crippen LogP contribution in [0.5, 0.6) is 0 Å². The number of aromatic nitrogens is 3. The number of nitrogens with zero attached hydrogens (tertiary/aromatic N) is 4. The number of carbonyl (C=O) groups excluding carboxylic acids is 1. The van der Waals surface area contributed by atoms with Gasteiger partial charge in [0.05, 0.1) is 11.7 Å². The van der Waals surface area contributed by atoms with Gasteiger partial charge in [-0.1, -0.05) is 31.2 Å². The monoisotopic (exact) mass is 375 g/mol. The molecule has 0 radical (unpaired) electrons. The summed E-state index contributed by atoms with van der Waals surface area (Å²) in [6.07, 6.45) is 4.19. The van der Waals surface area contributed by atoms with Crippen LogP contribution in [0.2, 0.25) is 0 Å². The maximum Gasteiger partial charge on any atom is 0.254 e. The van der Waals surface area contributed by atoms with Gasteiger partial charge in [0.1, 0.15) is 12.7 Å². The Labute approximate surface area is 165 Å². The molecule has 1 N–H and O–H groups in total. The van der Waals surface area contributed by atoms with Gasteiger partial charge in [-0.25, -0.2) is 9.67 Å². The molecular weight excluding hydrogens is 350 g/mol. The average Bonchev–Trinajstić information content (AvgIpc) is 3.28. The fourth-order valence-corrected chi connectivity index (χ4v) is 3.76. The van der Waals surface area contributed by atoms with Crippen molar-refractivity contribution < 1.29 is 4.79 Å². The van der Waals surface area contributed by atoms with Crippen molar-refractivity contribution in [3.05, 3.63) is 77.4 Å². The van der Waals surface area contributed by atoms with E-state index >= 15 is 0 Å². The molecule has 6 nitrogen and oxygen atoms in total. The number of carbonyl (C=O) groups is 1. The van der Waals surface area contributed by atoms with E-state index in [2.05, 4.69) is 46.6 Å². The SMILES string of the molecule is CCc1ccc(C2CNCCN2C(=O)c2ccc(-n3cncn3)c(C)c2)cc1. The van der Waals surface area contributed by atoms with E-state index in [1.54, 1.807) is 11.0 Å². The van der Waals surface area contributed by atoms with Crippen LogP contribution in [0.3, 0.4) is 0 Å². The molecule has 1 saturated heterocycles. The number of aryl methyl sites for hydroxylation is 2. The molecule has 144 valence electrons. The molecule has 0 spiro atoms. The molecule has 2 aromatic carbocycles. The van der Waals surface area contributed by atoms with Crippen molar-refractivity contribution >= 4 is 5.91 Å². The predicted molar refractivity (Wildman–Crippen MR) is 109 cm³/mol. The summed E-state index contributed by atoms with van der Waals surface area (Å²) >= 11 is 0. The van der Waals surface area contributed by atoms with Gasteiger partial charge in [0.15, 0.2) is 0 Å². The average molecular weight is 375 g/mol. The second-order valence-corrected chi connectivity index (χ2v) is 7.15. The molecule has 1 aliphatic rings. The first-order chi connectivity index (χ1) is 13.7. The van der Waals surface area contributed by atoms with Gasteiger partial charge in [-0.3, -0.25) is 4.79 Å². The highest BCUT2D eigenvalue weighted by atomic mass is 16.2. The molecule has 6 heteroatoms. The molecule has 1 fully saturated rings. The largest absolute Gasteiger partial charge is 0.329 e. The zero-order valence-electron chi connectivity index (χ0n) is 16.3. The van der Waals surface area contributed by atoms with Crippen LogP contribution in [0.4, 0.5) is 0 Å². The lowest BCUT2D eigenvalue weighted by Crippen LogP contribution is -2.48. The smallest absolute Gasteiger partial charge is 0.254 e. The normalized spacial score (nSPS) is 16.9. The third-order valence-electron chi connectivity index (χ3n) is 5.39. The minimum atomic E-state index is 0.0439. The van der Waals surface area contributed by atoms with Crippen LogP contribution < -0.4 is 5.32 Å². The van der Waals surface area contributed by atoms with Crippen molar-refractivity contribution in [2.75, 3.05) is 19.6 Å². The van der Waals surface area contributed by atoms with Crippen molar-refractivity contribution in [1.82, 2.24) is 25.0 Å². The third kappa shape index (κ3) is 3.55. The topological polar surface area (TPSA) is 63.1 Å². The lowest BCUT2D eigenvalue weighted by molar-refractivity contribution is 0.0634. The number of amides is 1. The van der Waals surface area contributed by atoms with Gasteiger partial charge in [0, 0.05) is 25.2 Å².